The van der Waals surface area contributed by atoms with E-state index in [2.05, 4.69) is 10.6 Å². The summed E-state index contributed by atoms with van der Waals surface area (Å²) in [4.78, 5) is 47.6. The Hall–Kier alpha value is -3.18. The zero-order valence-corrected chi connectivity index (χ0v) is 16.5. The number of amides is 3. The van der Waals surface area contributed by atoms with Crippen molar-refractivity contribution in [3.8, 4) is 5.75 Å². The van der Waals surface area contributed by atoms with Crippen molar-refractivity contribution in [3.63, 3.8) is 0 Å². The number of phenolic OH excluding ortho intramolecular Hbond substituents is 1. The van der Waals surface area contributed by atoms with E-state index in [1.165, 1.54) is 12.1 Å². The second-order valence-electron chi connectivity index (χ2n) is 6.89. The normalized spacial score (nSPS) is 13.7. The van der Waals surface area contributed by atoms with Crippen LogP contribution in [0.25, 0.3) is 0 Å². The van der Waals surface area contributed by atoms with E-state index in [9.17, 15) is 29.4 Å². The van der Waals surface area contributed by atoms with Crippen molar-refractivity contribution in [1.29, 1.82) is 0 Å². The largest absolute Gasteiger partial charge is 0.508 e. The number of carboxylic acids is 1. The van der Waals surface area contributed by atoms with E-state index in [1.54, 1.807) is 12.1 Å². The number of aromatic hydroxyl groups is 1. The highest BCUT2D eigenvalue weighted by molar-refractivity contribution is 5.94. The van der Waals surface area contributed by atoms with Crippen molar-refractivity contribution in [2.45, 2.75) is 50.2 Å². The lowest BCUT2D eigenvalue weighted by molar-refractivity contribution is -0.142. The molecule has 0 heterocycles. The van der Waals surface area contributed by atoms with Crippen molar-refractivity contribution in [3.05, 3.63) is 29.8 Å². The first-order valence-corrected chi connectivity index (χ1v) is 9.49. The predicted molar refractivity (Wildman–Crippen MR) is 108 cm³/mol. The van der Waals surface area contributed by atoms with Crippen LogP contribution < -0.4 is 27.8 Å². The minimum absolute atomic E-state index is 0.0643. The quantitative estimate of drug-likeness (QED) is 0.182. The van der Waals surface area contributed by atoms with Gasteiger partial charge in [0.25, 0.3) is 0 Å². The lowest BCUT2D eigenvalue weighted by Gasteiger charge is -2.22. The SMILES string of the molecule is NCCCCC(NC(=O)C(CC(N)=O)NC(=O)C(N)Cc1ccc(O)cc1)C(=O)O. The van der Waals surface area contributed by atoms with E-state index < -0.39 is 48.2 Å². The van der Waals surface area contributed by atoms with Crippen molar-refractivity contribution in [2.24, 2.45) is 17.2 Å². The maximum absolute atomic E-state index is 12.5. The van der Waals surface area contributed by atoms with Gasteiger partial charge in [0.05, 0.1) is 12.5 Å². The summed E-state index contributed by atoms with van der Waals surface area (Å²) in [6, 6.07) is 2.47. The highest BCUT2D eigenvalue weighted by Crippen LogP contribution is 2.11. The highest BCUT2D eigenvalue weighted by atomic mass is 16.4. The average molecular weight is 423 g/mol. The lowest BCUT2D eigenvalue weighted by Crippen LogP contribution is -2.55. The standard InChI is InChI=1S/C19H29N5O6/c20-8-2-1-3-14(19(29)30)23-18(28)15(10-16(22)26)24-17(27)13(21)9-11-4-6-12(25)7-5-11/h4-7,13-15,25H,1-3,8-10,20-21H2,(H2,22,26)(H,23,28)(H,24,27)(H,29,30). The van der Waals surface area contributed by atoms with Crippen molar-refractivity contribution in [1.82, 2.24) is 10.6 Å². The Bertz CT molecular complexity index is 739. The van der Waals surface area contributed by atoms with Crippen molar-refractivity contribution < 1.29 is 29.4 Å². The molecule has 11 heteroatoms. The third-order valence-electron chi connectivity index (χ3n) is 4.33. The molecule has 0 aromatic heterocycles. The first-order valence-electron chi connectivity index (χ1n) is 9.49. The Kier molecular flexibility index (Phi) is 10.3. The van der Waals surface area contributed by atoms with Crippen LogP contribution in [-0.2, 0) is 25.6 Å². The first-order chi connectivity index (χ1) is 14.1. The number of primary amides is 1. The Morgan fingerprint density at radius 2 is 1.57 bits per heavy atom. The summed E-state index contributed by atoms with van der Waals surface area (Å²) in [7, 11) is 0. The lowest BCUT2D eigenvalue weighted by atomic mass is 10.0. The molecule has 0 saturated carbocycles. The Morgan fingerprint density at radius 3 is 2.10 bits per heavy atom. The summed E-state index contributed by atoms with van der Waals surface area (Å²) in [5, 5.41) is 23.2. The third kappa shape index (κ3) is 8.88. The molecular weight excluding hydrogens is 394 g/mol. The van der Waals surface area contributed by atoms with Crippen LogP contribution in [0.1, 0.15) is 31.2 Å². The number of phenols is 1. The number of carbonyl (C=O) groups excluding carboxylic acids is 3. The molecule has 0 aliphatic rings. The van der Waals surface area contributed by atoms with Crippen LogP contribution in [0.4, 0.5) is 0 Å². The number of hydrogen-bond acceptors (Lipinski definition) is 7. The second kappa shape index (κ2) is 12.4. The van der Waals surface area contributed by atoms with Gasteiger partial charge in [-0.1, -0.05) is 12.1 Å². The van der Waals surface area contributed by atoms with Gasteiger partial charge in [-0.2, -0.15) is 0 Å². The molecule has 10 N–H and O–H groups in total. The van der Waals surface area contributed by atoms with Gasteiger partial charge in [-0.3, -0.25) is 14.4 Å². The maximum Gasteiger partial charge on any atom is 0.326 e. The summed E-state index contributed by atoms with van der Waals surface area (Å²) >= 11 is 0. The molecule has 3 atom stereocenters. The van der Waals surface area contributed by atoms with Gasteiger partial charge in [0.2, 0.25) is 17.7 Å². The summed E-state index contributed by atoms with van der Waals surface area (Å²) in [6.07, 6.45) is 0.827. The Labute approximate surface area is 174 Å². The number of carboxylic acid groups (broad SMARTS) is 1. The van der Waals surface area contributed by atoms with E-state index in [1.807, 2.05) is 0 Å². The molecule has 0 spiro atoms. The molecule has 0 bridgehead atoms. The number of carbonyl (C=O) groups is 4. The smallest absolute Gasteiger partial charge is 0.326 e. The zero-order valence-electron chi connectivity index (χ0n) is 16.5. The molecule has 11 nitrogen and oxygen atoms in total. The zero-order chi connectivity index (χ0) is 22.7. The summed E-state index contributed by atoms with van der Waals surface area (Å²) in [6.45, 7) is 0.388. The summed E-state index contributed by atoms with van der Waals surface area (Å²) in [5.74, 6) is -3.58. The molecule has 3 amide bonds. The topological polar surface area (TPSA) is 211 Å². The number of rotatable bonds is 13. The molecule has 0 saturated heterocycles. The monoisotopic (exact) mass is 423 g/mol. The van der Waals surface area contributed by atoms with Crippen LogP contribution in [0.2, 0.25) is 0 Å². The summed E-state index contributed by atoms with van der Waals surface area (Å²) in [5.41, 5.74) is 17.1. The van der Waals surface area contributed by atoms with E-state index in [0.717, 1.165) is 0 Å². The fourth-order valence-electron chi connectivity index (χ4n) is 2.69. The first kappa shape index (κ1) is 24.9. The van der Waals surface area contributed by atoms with Crippen molar-refractivity contribution in [2.75, 3.05) is 6.54 Å². The van der Waals surface area contributed by atoms with Crippen LogP contribution in [0, 0.1) is 0 Å². The van der Waals surface area contributed by atoms with Gasteiger partial charge in [0, 0.05) is 0 Å². The molecule has 1 rings (SSSR count). The van der Waals surface area contributed by atoms with E-state index in [0.29, 0.717) is 24.9 Å². The summed E-state index contributed by atoms with van der Waals surface area (Å²) < 4.78 is 0. The van der Waals surface area contributed by atoms with Gasteiger partial charge in [-0.15, -0.1) is 0 Å². The average Bonchev–Trinajstić information content (AvgIpc) is 2.67. The Balaban J connectivity index is 2.77. The molecule has 0 fully saturated rings. The molecule has 0 aliphatic carbocycles. The molecule has 166 valence electrons. The maximum atomic E-state index is 12.5. The van der Waals surface area contributed by atoms with E-state index in [-0.39, 0.29) is 18.6 Å². The molecular formula is C19H29N5O6. The number of hydrogen-bond donors (Lipinski definition) is 7. The molecule has 0 aliphatic heterocycles. The fraction of sp³-hybridized carbons (Fsp3) is 0.474. The van der Waals surface area contributed by atoms with Gasteiger partial charge in [-0.05, 0) is 49.9 Å². The van der Waals surface area contributed by atoms with Crippen LogP contribution in [0.3, 0.4) is 0 Å². The predicted octanol–water partition coefficient (Wildman–Crippen LogP) is -1.68. The van der Waals surface area contributed by atoms with Gasteiger partial charge in [0.15, 0.2) is 0 Å². The second-order valence-corrected chi connectivity index (χ2v) is 6.89. The van der Waals surface area contributed by atoms with E-state index in [4.69, 9.17) is 17.2 Å². The van der Waals surface area contributed by atoms with Crippen LogP contribution >= 0.6 is 0 Å². The van der Waals surface area contributed by atoms with Gasteiger partial charge >= 0.3 is 5.97 Å². The molecule has 3 unspecified atom stereocenters. The number of nitrogens with one attached hydrogen (secondary N) is 2. The van der Waals surface area contributed by atoms with Crippen molar-refractivity contribution >= 4 is 23.7 Å². The minimum atomic E-state index is -1.36. The number of benzene rings is 1. The molecule has 1 aromatic carbocycles. The van der Waals surface area contributed by atoms with E-state index >= 15 is 0 Å². The van der Waals surface area contributed by atoms with Crippen LogP contribution in [0.15, 0.2) is 24.3 Å². The number of unbranched alkanes of at least 4 members (excludes halogenated alkanes) is 1. The Morgan fingerprint density at radius 1 is 0.967 bits per heavy atom. The van der Waals surface area contributed by atoms with Gasteiger partial charge < -0.3 is 38.0 Å². The van der Waals surface area contributed by atoms with Crippen LogP contribution in [0.5, 0.6) is 5.75 Å². The number of aliphatic carboxylic acids is 1. The molecule has 0 radical (unpaired) electrons. The molecule has 30 heavy (non-hydrogen) atoms. The highest BCUT2D eigenvalue weighted by Gasteiger charge is 2.29. The van der Waals surface area contributed by atoms with Gasteiger partial charge in [-0.25, -0.2) is 4.79 Å². The molecule has 1 aromatic rings. The van der Waals surface area contributed by atoms with Crippen LogP contribution in [-0.4, -0.2) is 58.6 Å². The van der Waals surface area contributed by atoms with Gasteiger partial charge in [0.1, 0.15) is 17.8 Å². The number of nitrogens with two attached hydrogens (primary N) is 3. The third-order valence-corrected chi connectivity index (χ3v) is 4.33. The fourth-order valence-corrected chi connectivity index (χ4v) is 2.69. The minimum Gasteiger partial charge on any atom is -0.508 e.